The first-order chi connectivity index (χ1) is 11.9. The zero-order chi connectivity index (χ0) is 16.4. The van der Waals surface area contributed by atoms with Gasteiger partial charge in [-0.3, -0.25) is 0 Å². The van der Waals surface area contributed by atoms with Crippen LogP contribution in [0.25, 0.3) is 21.8 Å². The molecule has 3 nitrogen and oxygen atoms in total. The highest BCUT2D eigenvalue weighted by Crippen LogP contribution is 2.23. The molecule has 0 saturated heterocycles. The molecule has 3 aromatic carbocycles. The minimum absolute atomic E-state index is 0.683. The lowest BCUT2D eigenvalue weighted by molar-refractivity contribution is 0.853. The summed E-state index contributed by atoms with van der Waals surface area (Å²) in [5.74, 6) is 0.698. The molecule has 3 heteroatoms. The van der Waals surface area contributed by atoms with E-state index >= 15 is 0 Å². The molecule has 0 saturated carbocycles. The quantitative estimate of drug-likeness (QED) is 0.380. The van der Waals surface area contributed by atoms with Gasteiger partial charge in [-0.1, -0.05) is 60.7 Å². The van der Waals surface area contributed by atoms with E-state index in [0.29, 0.717) is 12.5 Å². The second kappa shape index (κ2) is 6.13. The van der Waals surface area contributed by atoms with E-state index in [2.05, 4.69) is 57.5 Å². The van der Waals surface area contributed by atoms with Gasteiger partial charge in [0.05, 0.1) is 11.0 Å². The van der Waals surface area contributed by atoms with Crippen LogP contribution in [0.3, 0.4) is 0 Å². The normalized spacial score (nSPS) is 11.5. The molecule has 24 heavy (non-hydrogen) atoms. The molecule has 1 heterocycles. The van der Waals surface area contributed by atoms with E-state index in [1.165, 1.54) is 10.8 Å². The Morgan fingerprint density at radius 3 is 2.67 bits per heavy atom. The lowest BCUT2D eigenvalue weighted by Crippen LogP contribution is -1.94. The first kappa shape index (κ1) is 14.4. The van der Waals surface area contributed by atoms with Crippen molar-refractivity contribution in [1.82, 2.24) is 9.55 Å². The molecular formula is C21H17N3. The van der Waals surface area contributed by atoms with Crippen molar-refractivity contribution < 1.29 is 0 Å². The van der Waals surface area contributed by atoms with Crippen LogP contribution in [0, 0.1) is 0 Å². The van der Waals surface area contributed by atoms with Crippen LogP contribution in [0.15, 0.2) is 84.4 Å². The van der Waals surface area contributed by atoms with Crippen LogP contribution in [-0.2, 0) is 6.54 Å². The predicted molar refractivity (Wildman–Crippen MR) is 101 cm³/mol. The van der Waals surface area contributed by atoms with Crippen molar-refractivity contribution in [3.8, 4) is 0 Å². The van der Waals surface area contributed by atoms with E-state index in [4.69, 9.17) is 0 Å². The Kier molecular flexibility index (Phi) is 3.67. The average Bonchev–Trinajstić information content (AvgIpc) is 2.98. The van der Waals surface area contributed by atoms with Crippen LogP contribution < -0.4 is 0 Å². The summed E-state index contributed by atoms with van der Waals surface area (Å²) in [6.45, 7) is 4.53. The van der Waals surface area contributed by atoms with Crippen LogP contribution in [-0.4, -0.2) is 15.8 Å². The van der Waals surface area contributed by atoms with E-state index in [-0.39, 0.29) is 0 Å². The average molecular weight is 311 g/mol. The van der Waals surface area contributed by atoms with Gasteiger partial charge in [0, 0.05) is 18.3 Å². The Bertz CT molecular complexity index is 1050. The molecule has 0 atom stereocenters. The summed E-state index contributed by atoms with van der Waals surface area (Å²) < 4.78 is 2.07. The molecule has 4 rings (SSSR count). The molecule has 0 aliphatic rings. The molecule has 0 radical (unpaired) electrons. The fourth-order valence-corrected chi connectivity index (χ4v) is 2.96. The van der Waals surface area contributed by atoms with Gasteiger partial charge in [-0.05, 0) is 22.9 Å². The summed E-state index contributed by atoms with van der Waals surface area (Å²) in [6, 6.07) is 22.6. The van der Waals surface area contributed by atoms with Gasteiger partial charge in [0.2, 0.25) is 5.95 Å². The number of nitrogens with zero attached hydrogens (tertiary/aromatic N) is 3. The van der Waals surface area contributed by atoms with E-state index in [1.807, 2.05) is 42.6 Å². The molecule has 0 spiro atoms. The minimum atomic E-state index is 0.683. The maximum atomic E-state index is 4.66. The Balaban J connectivity index is 1.82. The van der Waals surface area contributed by atoms with Crippen molar-refractivity contribution in [3.63, 3.8) is 0 Å². The number of imidazole rings is 1. The maximum Gasteiger partial charge on any atom is 0.230 e. The van der Waals surface area contributed by atoms with Gasteiger partial charge < -0.3 is 4.57 Å². The van der Waals surface area contributed by atoms with Crippen molar-refractivity contribution in [2.24, 2.45) is 4.99 Å². The number of aromatic nitrogens is 2. The number of rotatable bonds is 4. The number of fused-ring (bicyclic) bond motifs is 2. The van der Waals surface area contributed by atoms with Crippen molar-refractivity contribution in [2.75, 3.05) is 0 Å². The van der Waals surface area contributed by atoms with Crippen molar-refractivity contribution in [1.29, 1.82) is 0 Å². The molecule has 0 bridgehead atoms. The van der Waals surface area contributed by atoms with Gasteiger partial charge in [-0.2, -0.15) is 0 Å². The monoisotopic (exact) mass is 311 g/mol. The van der Waals surface area contributed by atoms with E-state index in [1.54, 1.807) is 0 Å². The minimum Gasteiger partial charge on any atom is -0.305 e. The summed E-state index contributed by atoms with van der Waals surface area (Å²) in [5.41, 5.74) is 3.11. The maximum absolute atomic E-state index is 4.66. The Hall–Kier alpha value is -3.20. The second-order valence-corrected chi connectivity index (χ2v) is 5.63. The fourth-order valence-electron chi connectivity index (χ4n) is 2.96. The zero-order valence-corrected chi connectivity index (χ0v) is 13.3. The van der Waals surface area contributed by atoms with Gasteiger partial charge in [0.1, 0.15) is 0 Å². The molecule has 4 aromatic rings. The van der Waals surface area contributed by atoms with Gasteiger partial charge >= 0.3 is 0 Å². The molecule has 116 valence electrons. The van der Waals surface area contributed by atoms with Crippen LogP contribution >= 0.6 is 0 Å². The molecule has 0 unspecified atom stereocenters. The van der Waals surface area contributed by atoms with Gasteiger partial charge in [0.15, 0.2) is 0 Å². The van der Waals surface area contributed by atoms with Gasteiger partial charge in [-0.15, -0.1) is 6.58 Å². The fraction of sp³-hybridized carbons (Fsp3) is 0.0476. The Labute approximate surface area is 140 Å². The summed E-state index contributed by atoms with van der Waals surface area (Å²) in [5, 5.41) is 2.40. The molecule has 0 aliphatic carbocycles. The van der Waals surface area contributed by atoms with Crippen LogP contribution in [0.4, 0.5) is 5.95 Å². The van der Waals surface area contributed by atoms with Crippen molar-refractivity contribution in [3.05, 3.63) is 84.9 Å². The molecule has 0 N–H and O–H groups in total. The SMILES string of the molecule is C=CCn1c(N=Cc2cccc3ccccc23)nc2ccccc21. The van der Waals surface area contributed by atoms with Crippen LogP contribution in [0.2, 0.25) is 0 Å². The highest BCUT2D eigenvalue weighted by molar-refractivity contribution is 6.00. The Morgan fingerprint density at radius 1 is 0.958 bits per heavy atom. The highest BCUT2D eigenvalue weighted by Gasteiger charge is 2.07. The topological polar surface area (TPSA) is 30.2 Å². The lowest BCUT2D eigenvalue weighted by atomic mass is 10.1. The first-order valence-electron chi connectivity index (χ1n) is 7.95. The van der Waals surface area contributed by atoms with E-state index < -0.39 is 0 Å². The zero-order valence-electron chi connectivity index (χ0n) is 13.3. The molecular weight excluding hydrogens is 294 g/mol. The number of hydrogen-bond acceptors (Lipinski definition) is 2. The molecule has 0 aliphatic heterocycles. The largest absolute Gasteiger partial charge is 0.305 e. The third-order valence-corrected chi connectivity index (χ3v) is 4.09. The van der Waals surface area contributed by atoms with E-state index in [0.717, 1.165) is 16.6 Å². The summed E-state index contributed by atoms with van der Waals surface area (Å²) in [7, 11) is 0. The number of aliphatic imine (C=N–C) groups is 1. The summed E-state index contributed by atoms with van der Waals surface area (Å²) in [6.07, 6.45) is 3.76. The standard InChI is InChI=1S/C21H17N3/c1-2-14-24-20-13-6-5-12-19(20)23-21(24)22-15-17-10-7-9-16-8-3-4-11-18(16)17/h2-13,15H,1,14H2. The second-order valence-electron chi connectivity index (χ2n) is 5.63. The van der Waals surface area contributed by atoms with Crippen LogP contribution in [0.1, 0.15) is 5.56 Å². The smallest absolute Gasteiger partial charge is 0.230 e. The van der Waals surface area contributed by atoms with Crippen molar-refractivity contribution in [2.45, 2.75) is 6.54 Å². The summed E-state index contributed by atoms with van der Waals surface area (Å²) >= 11 is 0. The number of para-hydroxylation sites is 2. The molecule has 1 aromatic heterocycles. The third kappa shape index (κ3) is 2.50. The number of allylic oxidation sites excluding steroid dienone is 1. The third-order valence-electron chi connectivity index (χ3n) is 4.09. The highest BCUT2D eigenvalue weighted by atomic mass is 15.2. The predicted octanol–water partition coefficient (Wildman–Crippen LogP) is 5.13. The van der Waals surface area contributed by atoms with Crippen LogP contribution in [0.5, 0.6) is 0 Å². The Morgan fingerprint density at radius 2 is 1.75 bits per heavy atom. The van der Waals surface area contributed by atoms with E-state index in [9.17, 15) is 0 Å². The van der Waals surface area contributed by atoms with Crippen molar-refractivity contribution >= 4 is 34.0 Å². The van der Waals surface area contributed by atoms with Gasteiger partial charge in [0.25, 0.3) is 0 Å². The molecule has 0 amide bonds. The van der Waals surface area contributed by atoms with Gasteiger partial charge in [-0.25, -0.2) is 9.98 Å². The lowest BCUT2D eigenvalue weighted by Gasteiger charge is -2.03. The number of hydrogen-bond donors (Lipinski definition) is 0. The first-order valence-corrected chi connectivity index (χ1v) is 7.95. The number of benzene rings is 3. The molecule has 0 fully saturated rings. The summed E-state index contributed by atoms with van der Waals surface area (Å²) in [4.78, 5) is 9.31.